The highest BCUT2D eigenvalue weighted by molar-refractivity contribution is 7.89. The van der Waals surface area contributed by atoms with Crippen molar-refractivity contribution < 1.29 is 8.42 Å². The summed E-state index contributed by atoms with van der Waals surface area (Å²) in [5, 5.41) is 0. The van der Waals surface area contributed by atoms with Gasteiger partial charge in [0, 0.05) is 24.8 Å². The molecule has 6 nitrogen and oxygen atoms in total. The van der Waals surface area contributed by atoms with Gasteiger partial charge in [0.2, 0.25) is 10.0 Å². The Labute approximate surface area is 203 Å². The minimum atomic E-state index is -3.66. The van der Waals surface area contributed by atoms with Gasteiger partial charge in [0.25, 0.3) is 0 Å². The normalized spacial score (nSPS) is 15.7. The van der Waals surface area contributed by atoms with Crippen LogP contribution in [0.15, 0.2) is 82.5 Å². The SMILES string of the molecule is C[C@@H]1Cc2ccccc2N1CCCNS(=O)(=O)c1ccc2c(c1)sc(=O)n2Cc1ccccc1. The van der Waals surface area contributed by atoms with Crippen molar-refractivity contribution in [2.75, 3.05) is 18.0 Å². The second-order valence-electron chi connectivity index (χ2n) is 8.70. The maximum Gasteiger partial charge on any atom is 0.308 e. The van der Waals surface area contributed by atoms with Gasteiger partial charge in [-0.3, -0.25) is 9.36 Å². The topological polar surface area (TPSA) is 71.4 Å². The second kappa shape index (κ2) is 9.37. The number of benzene rings is 3. The van der Waals surface area contributed by atoms with E-state index in [1.165, 1.54) is 11.3 Å². The molecule has 2 heterocycles. The molecule has 0 saturated carbocycles. The maximum atomic E-state index is 12.9. The molecule has 4 aromatic rings. The Morgan fingerprint density at radius 2 is 1.79 bits per heavy atom. The van der Waals surface area contributed by atoms with Crippen molar-refractivity contribution in [3.05, 3.63) is 93.6 Å². The Morgan fingerprint density at radius 1 is 1.03 bits per heavy atom. The van der Waals surface area contributed by atoms with E-state index in [1.54, 1.807) is 22.8 Å². The number of rotatable bonds is 8. The lowest BCUT2D eigenvalue weighted by Gasteiger charge is -2.24. The van der Waals surface area contributed by atoms with Crippen LogP contribution >= 0.6 is 11.3 Å². The van der Waals surface area contributed by atoms with Crippen molar-refractivity contribution in [1.29, 1.82) is 0 Å². The monoisotopic (exact) mass is 493 g/mol. The second-order valence-corrected chi connectivity index (χ2v) is 11.5. The molecule has 0 saturated heterocycles. The molecular weight excluding hydrogens is 466 g/mol. The quantitative estimate of drug-likeness (QED) is 0.373. The van der Waals surface area contributed by atoms with Crippen molar-refractivity contribution in [2.45, 2.75) is 37.2 Å². The molecule has 0 unspecified atom stereocenters. The fourth-order valence-corrected chi connectivity index (χ4v) is 6.74. The van der Waals surface area contributed by atoms with E-state index in [-0.39, 0.29) is 9.77 Å². The smallest absolute Gasteiger partial charge is 0.308 e. The van der Waals surface area contributed by atoms with Gasteiger partial charge >= 0.3 is 4.87 Å². The standard InChI is InChI=1S/C26H27N3O3S2/c1-19-16-21-10-5-6-11-23(21)28(19)15-7-14-27-34(31,32)22-12-13-24-25(17-22)33-26(30)29(24)18-20-8-3-2-4-9-20/h2-6,8-13,17,19,27H,7,14-16,18H2,1H3/t19-/m1/s1. The fourth-order valence-electron chi connectivity index (χ4n) is 4.64. The molecule has 0 aliphatic carbocycles. The summed E-state index contributed by atoms with van der Waals surface area (Å²) < 4.78 is 30.9. The van der Waals surface area contributed by atoms with Crippen molar-refractivity contribution >= 4 is 37.3 Å². The molecule has 1 aromatic heterocycles. The highest BCUT2D eigenvalue weighted by Gasteiger charge is 2.25. The summed E-state index contributed by atoms with van der Waals surface area (Å²) in [6.45, 7) is 3.82. The summed E-state index contributed by atoms with van der Waals surface area (Å²) in [6.07, 6.45) is 1.73. The van der Waals surface area contributed by atoms with Crippen LogP contribution in [0.25, 0.3) is 10.2 Å². The molecule has 5 rings (SSSR count). The Kier molecular flexibility index (Phi) is 6.29. The Balaban J connectivity index is 1.25. The van der Waals surface area contributed by atoms with Crippen LogP contribution in [0.3, 0.4) is 0 Å². The molecule has 0 radical (unpaired) electrons. The average Bonchev–Trinajstić information content (AvgIpc) is 3.32. The number of anilines is 1. The Hall–Kier alpha value is -2.94. The number of nitrogens with one attached hydrogen (secondary N) is 1. The number of nitrogens with zero attached hydrogens (tertiary/aromatic N) is 2. The molecule has 1 aliphatic heterocycles. The van der Waals surface area contributed by atoms with Gasteiger partial charge in [-0.2, -0.15) is 0 Å². The number of thiazole rings is 1. The van der Waals surface area contributed by atoms with Gasteiger partial charge in [0.1, 0.15) is 0 Å². The zero-order chi connectivity index (χ0) is 23.7. The first-order valence-corrected chi connectivity index (χ1v) is 13.7. The van der Waals surface area contributed by atoms with Crippen molar-refractivity contribution in [3.63, 3.8) is 0 Å². The lowest BCUT2D eigenvalue weighted by molar-refractivity contribution is 0.576. The van der Waals surface area contributed by atoms with Gasteiger partial charge < -0.3 is 4.90 Å². The van der Waals surface area contributed by atoms with Crippen LogP contribution in [0, 0.1) is 0 Å². The van der Waals surface area contributed by atoms with Gasteiger partial charge in [-0.25, -0.2) is 13.1 Å². The molecule has 176 valence electrons. The Morgan fingerprint density at radius 3 is 2.62 bits per heavy atom. The molecule has 1 N–H and O–H groups in total. The lowest BCUT2D eigenvalue weighted by Crippen LogP contribution is -2.33. The van der Waals surface area contributed by atoms with Crippen molar-refractivity contribution in [1.82, 2.24) is 9.29 Å². The van der Waals surface area contributed by atoms with E-state index in [2.05, 4.69) is 34.7 Å². The van der Waals surface area contributed by atoms with Gasteiger partial charge in [-0.15, -0.1) is 0 Å². The minimum absolute atomic E-state index is 0.0959. The van der Waals surface area contributed by atoms with Gasteiger partial charge in [-0.05, 0) is 55.2 Å². The number of aromatic nitrogens is 1. The van der Waals surface area contributed by atoms with E-state index < -0.39 is 10.0 Å². The predicted molar refractivity (Wildman–Crippen MR) is 138 cm³/mol. The lowest BCUT2D eigenvalue weighted by atomic mass is 10.1. The number of hydrogen-bond donors (Lipinski definition) is 1. The van der Waals surface area contributed by atoms with E-state index >= 15 is 0 Å². The molecule has 3 aromatic carbocycles. The highest BCUT2D eigenvalue weighted by Crippen LogP contribution is 2.31. The molecule has 0 bridgehead atoms. The van der Waals surface area contributed by atoms with E-state index in [4.69, 9.17) is 0 Å². The average molecular weight is 494 g/mol. The van der Waals surface area contributed by atoms with E-state index in [0.717, 1.165) is 35.4 Å². The third kappa shape index (κ3) is 4.53. The first-order valence-electron chi connectivity index (χ1n) is 11.4. The summed E-state index contributed by atoms with van der Waals surface area (Å²) in [7, 11) is -3.66. The van der Waals surface area contributed by atoms with Crippen LogP contribution < -0.4 is 14.5 Å². The molecule has 34 heavy (non-hydrogen) atoms. The highest BCUT2D eigenvalue weighted by atomic mass is 32.2. The number of para-hydroxylation sites is 1. The van der Waals surface area contributed by atoms with Crippen molar-refractivity contribution in [2.24, 2.45) is 0 Å². The summed E-state index contributed by atoms with van der Waals surface area (Å²) in [5.74, 6) is 0. The van der Waals surface area contributed by atoms with Crippen LogP contribution in [0.5, 0.6) is 0 Å². The first kappa shape index (κ1) is 22.8. The predicted octanol–water partition coefficient (Wildman–Crippen LogP) is 4.23. The molecule has 0 fully saturated rings. The van der Waals surface area contributed by atoms with Crippen LogP contribution in [0.1, 0.15) is 24.5 Å². The van der Waals surface area contributed by atoms with E-state index in [9.17, 15) is 13.2 Å². The maximum absolute atomic E-state index is 12.9. The molecular formula is C26H27N3O3S2. The zero-order valence-corrected chi connectivity index (χ0v) is 20.6. The van der Waals surface area contributed by atoms with Crippen LogP contribution in [0.4, 0.5) is 5.69 Å². The zero-order valence-electron chi connectivity index (χ0n) is 19.0. The molecule has 1 aliphatic rings. The van der Waals surface area contributed by atoms with Gasteiger partial charge in [0.15, 0.2) is 0 Å². The fraction of sp³-hybridized carbons (Fsp3) is 0.269. The number of hydrogen-bond acceptors (Lipinski definition) is 5. The minimum Gasteiger partial charge on any atom is -0.368 e. The third-order valence-corrected chi connectivity index (χ3v) is 8.75. The van der Waals surface area contributed by atoms with Crippen LogP contribution in [0.2, 0.25) is 0 Å². The van der Waals surface area contributed by atoms with E-state index in [1.807, 2.05) is 36.4 Å². The van der Waals surface area contributed by atoms with Gasteiger partial charge in [-0.1, -0.05) is 59.9 Å². The van der Waals surface area contributed by atoms with Crippen LogP contribution in [-0.2, 0) is 23.0 Å². The summed E-state index contributed by atoms with van der Waals surface area (Å²) in [5.41, 5.74) is 4.37. The molecule has 1 atom stereocenters. The van der Waals surface area contributed by atoms with E-state index in [0.29, 0.717) is 30.3 Å². The van der Waals surface area contributed by atoms with Gasteiger partial charge in [0.05, 0.1) is 21.7 Å². The number of sulfonamides is 1. The number of fused-ring (bicyclic) bond motifs is 2. The summed E-state index contributed by atoms with van der Waals surface area (Å²) in [6, 6.07) is 23.5. The molecule has 8 heteroatoms. The first-order chi connectivity index (χ1) is 16.4. The largest absolute Gasteiger partial charge is 0.368 e. The molecule has 0 spiro atoms. The summed E-state index contributed by atoms with van der Waals surface area (Å²) in [4.78, 5) is 15.0. The molecule has 0 amide bonds. The summed E-state index contributed by atoms with van der Waals surface area (Å²) >= 11 is 1.08. The Bertz CT molecular complexity index is 1480. The van der Waals surface area contributed by atoms with Crippen molar-refractivity contribution in [3.8, 4) is 0 Å². The van der Waals surface area contributed by atoms with Crippen LogP contribution in [-0.4, -0.2) is 32.1 Å². The third-order valence-electron chi connectivity index (χ3n) is 6.35.